The zero-order chi connectivity index (χ0) is 15.1. The van der Waals surface area contributed by atoms with Crippen LogP contribution in [0.3, 0.4) is 0 Å². The number of halogens is 1. The summed E-state index contributed by atoms with van der Waals surface area (Å²) in [7, 11) is 0. The molecular weight excluding hydrogens is 286 g/mol. The fourth-order valence-electron chi connectivity index (χ4n) is 1.69. The highest BCUT2D eigenvalue weighted by Crippen LogP contribution is 2.18. The van der Waals surface area contributed by atoms with Crippen LogP contribution in [-0.2, 0) is 16.1 Å². The molecule has 0 spiro atoms. The Morgan fingerprint density at radius 1 is 1.14 bits per heavy atom. The average molecular weight is 298 g/mol. The topological polar surface area (TPSA) is 50.1 Å². The molecule has 0 aliphatic rings. The third kappa shape index (κ3) is 4.20. The van der Waals surface area contributed by atoms with Gasteiger partial charge in [0.05, 0.1) is 0 Å². The number of carbonyl (C=O) groups is 1. The summed E-state index contributed by atoms with van der Waals surface area (Å²) in [6, 6.07) is 18.1. The molecule has 2 aromatic carbocycles. The molecule has 0 aromatic heterocycles. The van der Waals surface area contributed by atoms with Crippen LogP contribution in [0.4, 0.5) is 0 Å². The smallest absolute Gasteiger partial charge is 0.349 e. The van der Waals surface area contributed by atoms with E-state index >= 15 is 0 Å². The number of nitriles is 1. The van der Waals surface area contributed by atoms with Gasteiger partial charge in [-0.25, -0.2) is 4.79 Å². The Morgan fingerprint density at radius 2 is 1.81 bits per heavy atom. The van der Waals surface area contributed by atoms with E-state index in [0.29, 0.717) is 10.6 Å². The minimum Gasteiger partial charge on any atom is -0.457 e. The molecule has 0 saturated carbocycles. The van der Waals surface area contributed by atoms with Gasteiger partial charge < -0.3 is 4.74 Å². The third-order valence-electron chi connectivity index (χ3n) is 2.76. The van der Waals surface area contributed by atoms with Crippen molar-refractivity contribution in [2.24, 2.45) is 0 Å². The Kier molecular flexibility index (Phi) is 5.14. The van der Waals surface area contributed by atoms with Crippen LogP contribution in [0, 0.1) is 11.3 Å². The van der Waals surface area contributed by atoms with Crippen molar-refractivity contribution in [1.82, 2.24) is 0 Å². The largest absolute Gasteiger partial charge is 0.457 e. The summed E-state index contributed by atoms with van der Waals surface area (Å²) in [5, 5.41) is 9.56. The summed E-state index contributed by atoms with van der Waals surface area (Å²) < 4.78 is 5.12. The molecule has 0 bridgehead atoms. The molecule has 0 unspecified atom stereocenters. The molecule has 0 radical (unpaired) electrons. The first-order valence-corrected chi connectivity index (χ1v) is 6.66. The Bertz CT molecular complexity index is 702. The quantitative estimate of drug-likeness (QED) is 0.487. The molecule has 0 heterocycles. The van der Waals surface area contributed by atoms with Crippen molar-refractivity contribution in [2.45, 2.75) is 6.61 Å². The number of ether oxygens (including phenoxy) is 1. The third-order valence-corrected chi connectivity index (χ3v) is 3.10. The van der Waals surface area contributed by atoms with Crippen molar-refractivity contribution in [2.75, 3.05) is 0 Å². The van der Waals surface area contributed by atoms with Gasteiger partial charge in [-0.3, -0.25) is 0 Å². The van der Waals surface area contributed by atoms with Crippen LogP contribution in [0.2, 0.25) is 5.02 Å². The van der Waals surface area contributed by atoms with Gasteiger partial charge in [0.1, 0.15) is 18.2 Å². The molecule has 0 aliphatic carbocycles. The van der Waals surface area contributed by atoms with Crippen molar-refractivity contribution < 1.29 is 9.53 Å². The fraction of sp³-hybridized carbons (Fsp3) is 0.0588. The molecule has 4 heteroatoms. The van der Waals surface area contributed by atoms with E-state index in [1.54, 1.807) is 24.3 Å². The van der Waals surface area contributed by atoms with E-state index in [4.69, 9.17) is 21.6 Å². The van der Waals surface area contributed by atoms with Crippen LogP contribution in [0.25, 0.3) is 6.08 Å². The van der Waals surface area contributed by atoms with E-state index in [1.165, 1.54) is 6.08 Å². The first-order chi connectivity index (χ1) is 10.2. The van der Waals surface area contributed by atoms with Gasteiger partial charge in [-0.1, -0.05) is 60.1 Å². The van der Waals surface area contributed by atoms with Crippen LogP contribution in [0.1, 0.15) is 11.1 Å². The summed E-state index contributed by atoms with van der Waals surface area (Å²) in [5.41, 5.74) is 1.38. The molecule has 0 aliphatic heterocycles. The van der Waals surface area contributed by atoms with Crippen LogP contribution in [-0.4, -0.2) is 5.97 Å². The van der Waals surface area contributed by atoms with E-state index in [1.807, 2.05) is 36.4 Å². The first-order valence-electron chi connectivity index (χ1n) is 6.28. The number of nitrogens with zero attached hydrogens (tertiary/aromatic N) is 1. The number of rotatable bonds is 4. The van der Waals surface area contributed by atoms with Crippen LogP contribution in [0.15, 0.2) is 60.2 Å². The Labute approximate surface area is 128 Å². The van der Waals surface area contributed by atoms with Gasteiger partial charge in [0.2, 0.25) is 0 Å². The zero-order valence-corrected chi connectivity index (χ0v) is 11.9. The summed E-state index contributed by atoms with van der Waals surface area (Å²) >= 11 is 6.00. The number of hydrogen-bond acceptors (Lipinski definition) is 3. The van der Waals surface area contributed by atoms with Crippen molar-refractivity contribution in [3.63, 3.8) is 0 Å². The standard InChI is InChI=1S/C17H12ClNO2/c18-16-9-5-4-8-14(16)10-15(11-19)17(20)21-12-13-6-2-1-3-7-13/h1-10H,12H2/b15-10+. The van der Waals surface area contributed by atoms with Gasteiger partial charge >= 0.3 is 5.97 Å². The molecule has 0 amide bonds. The van der Waals surface area contributed by atoms with E-state index in [9.17, 15) is 4.79 Å². The van der Waals surface area contributed by atoms with Gasteiger partial charge in [0, 0.05) is 5.02 Å². The molecule has 3 nitrogen and oxygen atoms in total. The summed E-state index contributed by atoms with van der Waals surface area (Å²) in [6.45, 7) is 0.126. The lowest BCUT2D eigenvalue weighted by atomic mass is 10.1. The van der Waals surface area contributed by atoms with E-state index in [-0.39, 0.29) is 12.2 Å². The van der Waals surface area contributed by atoms with E-state index in [2.05, 4.69) is 0 Å². The highest BCUT2D eigenvalue weighted by atomic mass is 35.5. The number of hydrogen-bond donors (Lipinski definition) is 0. The second-order valence-electron chi connectivity index (χ2n) is 4.25. The van der Waals surface area contributed by atoms with Gasteiger partial charge in [-0.05, 0) is 23.3 Å². The lowest BCUT2D eigenvalue weighted by Crippen LogP contribution is -2.06. The van der Waals surface area contributed by atoms with E-state index < -0.39 is 5.97 Å². The van der Waals surface area contributed by atoms with Crippen molar-refractivity contribution >= 4 is 23.6 Å². The van der Waals surface area contributed by atoms with Crippen molar-refractivity contribution in [3.05, 3.63) is 76.3 Å². The molecular formula is C17H12ClNO2. The maximum absolute atomic E-state index is 11.9. The van der Waals surface area contributed by atoms with Gasteiger partial charge in [0.15, 0.2) is 0 Å². The number of carbonyl (C=O) groups excluding carboxylic acids is 1. The minimum atomic E-state index is -0.665. The number of esters is 1. The normalized spacial score (nSPS) is 10.8. The monoisotopic (exact) mass is 297 g/mol. The lowest BCUT2D eigenvalue weighted by molar-refractivity contribution is -0.139. The summed E-state index contributed by atoms with van der Waals surface area (Å²) in [4.78, 5) is 11.9. The maximum Gasteiger partial charge on any atom is 0.349 e. The first kappa shape index (κ1) is 14.8. The molecule has 0 saturated heterocycles. The predicted octanol–water partition coefficient (Wildman–Crippen LogP) is 3.99. The average Bonchev–Trinajstić information content (AvgIpc) is 2.53. The minimum absolute atomic E-state index is 0.0842. The summed E-state index contributed by atoms with van der Waals surface area (Å²) in [5.74, 6) is -0.665. The van der Waals surface area contributed by atoms with Crippen LogP contribution in [0.5, 0.6) is 0 Å². The molecule has 0 N–H and O–H groups in total. The van der Waals surface area contributed by atoms with Gasteiger partial charge in [-0.2, -0.15) is 5.26 Å². The Morgan fingerprint density at radius 3 is 2.48 bits per heavy atom. The predicted molar refractivity (Wildman–Crippen MR) is 81.3 cm³/mol. The van der Waals surface area contributed by atoms with Gasteiger partial charge in [0.25, 0.3) is 0 Å². The second kappa shape index (κ2) is 7.28. The highest BCUT2D eigenvalue weighted by Gasteiger charge is 2.11. The van der Waals surface area contributed by atoms with E-state index in [0.717, 1.165) is 5.56 Å². The molecule has 104 valence electrons. The molecule has 2 rings (SSSR count). The second-order valence-corrected chi connectivity index (χ2v) is 4.66. The molecule has 2 aromatic rings. The van der Waals surface area contributed by atoms with Crippen molar-refractivity contribution in [1.29, 1.82) is 5.26 Å². The van der Waals surface area contributed by atoms with Crippen molar-refractivity contribution in [3.8, 4) is 6.07 Å². The van der Waals surface area contributed by atoms with Gasteiger partial charge in [-0.15, -0.1) is 0 Å². The molecule has 21 heavy (non-hydrogen) atoms. The molecule has 0 fully saturated rings. The Balaban J connectivity index is 2.09. The summed E-state index contributed by atoms with van der Waals surface area (Å²) in [6.07, 6.45) is 1.43. The lowest BCUT2D eigenvalue weighted by Gasteiger charge is -2.04. The number of benzene rings is 2. The maximum atomic E-state index is 11.9. The fourth-order valence-corrected chi connectivity index (χ4v) is 1.88. The molecule has 0 atom stereocenters. The van der Waals surface area contributed by atoms with Crippen LogP contribution >= 0.6 is 11.6 Å². The SMILES string of the molecule is N#C/C(=C\c1ccccc1Cl)C(=O)OCc1ccccc1. The zero-order valence-electron chi connectivity index (χ0n) is 11.1. The van der Waals surface area contributed by atoms with Crippen LogP contribution < -0.4 is 0 Å². The highest BCUT2D eigenvalue weighted by molar-refractivity contribution is 6.32. The Hall–Kier alpha value is -2.57.